The molecule has 1 aromatic heterocycles. The van der Waals surface area contributed by atoms with E-state index in [9.17, 15) is 13.6 Å². The summed E-state index contributed by atoms with van der Waals surface area (Å²) >= 11 is 7.39. The highest BCUT2D eigenvalue weighted by atomic mass is 35.5. The van der Waals surface area contributed by atoms with Crippen LogP contribution in [0.5, 0.6) is 0 Å². The summed E-state index contributed by atoms with van der Waals surface area (Å²) in [6, 6.07) is 13.5. The zero-order valence-corrected chi connectivity index (χ0v) is 16.0. The lowest BCUT2D eigenvalue weighted by molar-refractivity contribution is -0.113. The van der Waals surface area contributed by atoms with Crippen molar-refractivity contribution >= 4 is 46.7 Å². The Bertz CT molecular complexity index is 921. The highest BCUT2D eigenvalue weighted by Gasteiger charge is 2.13. The van der Waals surface area contributed by atoms with Crippen molar-refractivity contribution in [3.8, 4) is 11.4 Å². The number of thioether (sulfide) groups is 2. The van der Waals surface area contributed by atoms with Crippen LogP contribution in [0.25, 0.3) is 11.4 Å². The first-order valence-corrected chi connectivity index (χ1v) is 9.90. The van der Waals surface area contributed by atoms with E-state index in [1.165, 1.54) is 6.07 Å². The minimum absolute atomic E-state index is 0.0472. The molecule has 140 valence electrons. The van der Waals surface area contributed by atoms with Crippen molar-refractivity contribution in [3.63, 3.8) is 0 Å². The van der Waals surface area contributed by atoms with E-state index in [1.807, 2.05) is 12.1 Å². The number of anilines is 1. The number of hydrogen-bond acceptors (Lipinski definition) is 5. The van der Waals surface area contributed by atoms with Crippen molar-refractivity contribution in [2.75, 3.05) is 11.1 Å². The summed E-state index contributed by atoms with van der Waals surface area (Å²) in [4.78, 5) is 16.8. The molecule has 0 aliphatic rings. The number of benzene rings is 2. The zero-order valence-electron chi connectivity index (χ0n) is 13.7. The third kappa shape index (κ3) is 5.69. The van der Waals surface area contributed by atoms with Crippen molar-refractivity contribution in [1.29, 1.82) is 0 Å². The number of alkyl halides is 2. The summed E-state index contributed by atoms with van der Waals surface area (Å²) in [5.74, 6) is -2.28. The fraction of sp³-hybridized carbons (Fsp3) is 0.118. The number of carbonyl (C=O) groups is 1. The van der Waals surface area contributed by atoms with Crippen LogP contribution in [0, 0.1) is 0 Å². The van der Waals surface area contributed by atoms with Gasteiger partial charge in [-0.05, 0) is 36.4 Å². The van der Waals surface area contributed by atoms with Crippen LogP contribution in [0.3, 0.4) is 0 Å². The number of aromatic amines is 1. The van der Waals surface area contributed by atoms with Crippen LogP contribution in [-0.2, 0) is 4.79 Å². The van der Waals surface area contributed by atoms with Gasteiger partial charge in [0.2, 0.25) is 11.1 Å². The Morgan fingerprint density at radius 1 is 1.19 bits per heavy atom. The van der Waals surface area contributed by atoms with Gasteiger partial charge >= 0.3 is 0 Å². The van der Waals surface area contributed by atoms with Crippen LogP contribution in [-0.4, -0.2) is 32.6 Å². The van der Waals surface area contributed by atoms with E-state index in [-0.39, 0.29) is 11.7 Å². The van der Waals surface area contributed by atoms with Crippen molar-refractivity contribution in [2.45, 2.75) is 15.8 Å². The standard InChI is InChI=1S/C17H13ClF2N4OS2/c18-11-7-5-10(6-8-11)15-22-17(24-23-15)26-9-14(25)21-12-3-1-2-4-13(12)27-16(19)20/h1-8,16H,9H2,(H,21,25)(H,22,23,24). The maximum atomic E-state index is 12.6. The molecule has 0 unspecified atom stereocenters. The predicted octanol–water partition coefficient (Wildman–Crippen LogP) is 5.17. The van der Waals surface area contributed by atoms with Crippen molar-refractivity contribution in [2.24, 2.45) is 0 Å². The largest absolute Gasteiger partial charge is 0.324 e. The highest BCUT2D eigenvalue weighted by molar-refractivity contribution is 8.00. The molecule has 1 heterocycles. The minimum atomic E-state index is -2.56. The Labute approximate surface area is 167 Å². The molecule has 1 amide bonds. The van der Waals surface area contributed by atoms with E-state index >= 15 is 0 Å². The lowest BCUT2D eigenvalue weighted by Gasteiger charge is -2.09. The Balaban J connectivity index is 1.58. The van der Waals surface area contributed by atoms with Gasteiger partial charge in [-0.25, -0.2) is 4.98 Å². The Morgan fingerprint density at radius 3 is 2.67 bits per heavy atom. The average Bonchev–Trinajstić information content (AvgIpc) is 3.11. The monoisotopic (exact) mass is 426 g/mol. The van der Waals surface area contributed by atoms with Crippen LogP contribution in [0.4, 0.5) is 14.5 Å². The maximum absolute atomic E-state index is 12.6. The number of aromatic nitrogens is 3. The van der Waals surface area contributed by atoms with Gasteiger partial charge in [-0.2, -0.15) is 8.78 Å². The molecule has 0 radical (unpaired) electrons. The van der Waals surface area contributed by atoms with Gasteiger partial charge in [-0.15, -0.1) is 5.10 Å². The molecule has 0 atom stereocenters. The first kappa shape index (κ1) is 19.7. The van der Waals surface area contributed by atoms with Crippen molar-refractivity contribution in [1.82, 2.24) is 15.2 Å². The van der Waals surface area contributed by atoms with Crippen LogP contribution in [0.2, 0.25) is 5.02 Å². The molecule has 0 spiro atoms. The molecular weight excluding hydrogens is 414 g/mol. The molecule has 0 saturated carbocycles. The third-order valence-corrected chi connectivity index (χ3v) is 5.18. The lowest BCUT2D eigenvalue weighted by atomic mass is 10.2. The summed E-state index contributed by atoms with van der Waals surface area (Å²) < 4.78 is 25.2. The molecule has 0 aliphatic heterocycles. The predicted molar refractivity (Wildman–Crippen MR) is 104 cm³/mol. The van der Waals surface area contributed by atoms with Crippen LogP contribution in [0.1, 0.15) is 0 Å². The molecule has 3 rings (SSSR count). The summed E-state index contributed by atoms with van der Waals surface area (Å²) in [7, 11) is 0. The second-order valence-corrected chi connectivity index (χ2v) is 7.60. The smallest absolute Gasteiger partial charge is 0.288 e. The Hall–Kier alpha value is -2.10. The summed E-state index contributed by atoms with van der Waals surface area (Å²) in [5, 5.41) is 10.5. The van der Waals surface area contributed by atoms with Gasteiger partial charge in [0.15, 0.2) is 5.82 Å². The van der Waals surface area contributed by atoms with Gasteiger partial charge in [0.05, 0.1) is 11.4 Å². The lowest BCUT2D eigenvalue weighted by Crippen LogP contribution is -2.14. The molecule has 2 aromatic carbocycles. The van der Waals surface area contributed by atoms with Crippen LogP contribution < -0.4 is 5.32 Å². The summed E-state index contributed by atoms with van der Waals surface area (Å²) in [6.45, 7) is 0. The molecule has 5 nitrogen and oxygen atoms in total. The van der Waals surface area contributed by atoms with Gasteiger partial charge in [-0.1, -0.05) is 47.3 Å². The Kier molecular flexibility index (Phi) is 6.70. The number of carbonyl (C=O) groups excluding carboxylic acids is 1. The second-order valence-electron chi connectivity index (χ2n) is 5.18. The number of rotatable bonds is 7. The molecule has 0 bridgehead atoms. The van der Waals surface area contributed by atoms with E-state index in [0.717, 1.165) is 17.3 Å². The van der Waals surface area contributed by atoms with Crippen molar-refractivity contribution in [3.05, 3.63) is 53.6 Å². The van der Waals surface area contributed by atoms with E-state index < -0.39 is 5.76 Å². The first-order chi connectivity index (χ1) is 13.0. The molecule has 10 heteroatoms. The molecule has 2 N–H and O–H groups in total. The van der Waals surface area contributed by atoms with E-state index in [1.54, 1.807) is 30.3 Å². The molecule has 3 aromatic rings. The topological polar surface area (TPSA) is 70.7 Å². The van der Waals surface area contributed by atoms with Gasteiger partial charge in [0.25, 0.3) is 5.76 Å². The zero-order chi connectivity index (χ0) is 19.2. The summed E-state index contributed by atoms with van der Waals surface area (Å²) in [6.07, 6.45) is 0. The maximum Gasteiger partial charge on any atom is 0.288 e. The first-order valence-electron chi connectivity index (χ1n) is 7.66. The second kappa shape index (κ2) is 9.20. The quantitative estimate of drug-likeness (QED) is 0.510. The number of amides is 1. The number of nitrogens with one attached hydrogen (secondary N) is 2. The van der Waals surface area contributed by atoms with Gasteiger partial charge < -0.3 is 5.32 Å². The van der Waals surface area contributed by atoms with Gasteiger partial charge in [-0.3, -0.25) is 9.89 Å². The number of para-hydroxylation sites is 1. The van der Waals surface area contributed by atoms with Crippen LogP contribution in [0.15, 0.2) is 58.6 Å². The van der Waals surface area contributed by atoms with E-state index in [2.05, 4.69) is 20.5 Å². The minimum Gasteiger partial charge on any atom is -0.324 e. The normalized spacial score (nSPS) is 11.0. The van der Waals surface area contributed by atoms with E-state index in [4.69, 9.17) is 11.6 Å². The number of hydrogen-bond donors (Lipinski definition) is 2. The molecule has 0 saturated heterocycles. The van der Waals surface area contributed by atoms with Crippen LogP contribution >= 0.6 is 35.1 Å². The fourth-order valence-corrected chi connectivity index (χ4v) is 3.45. The van der Waals surface area contributed by atoms with E-state index in [0.29, 0.717) is 38.3 Å². The number of halogens is 3. The summed E-state index contributed by atoms with van der Waals surface area (Å²) in [5.41, 5.74) is 1.17. The molecule has 0 fully saturated rings. The average molecular weight is 427 g/mol. The Morgan fingerprint density at radius 2 is 1.93 bits per heavy atom. The molecular formula is C17H13ClF2N4OS2. The molecule has 27 heavy (non-hydrogen) atoms. The fourth-order valence-electron chi connectivity index (χ4n) is 2.13. The van der Waals surface area contributed by atoms with Gasteiger partial charge in [0.1, 0.15) is 0 Å². The highest BCUT2D eigenvalue weighted by Crippen LogP contribution is 2.31. The SMILES string of the molecule is O=C(CSc1n[nH]c(-c2ccc(Cl)cc2)n1)Nc1ccccc1SC(F)F. The van der Waals surface area contributed by atoms with Crippen molar-refractivity contribution < 1.29 is 13.6 Å². The van der Waals surface area contributed by atoms with Gasteiger partial charge in [0, 0.05) is 15.5 Å². The number of H-pyrrole nitrogens is 1. The molecule has 0 aliphatic carbocycles. The number of nitrogens with zero attached hydrogens (tertiary/aromatic N) is 2. The third-order valence-electron chi connectivity index (χ3n) is 3.29.